The predicted molar refractivity (Wildman–Crippen MR) is 122 cm³/mol. The fraction of sp³-hybridized carbons (Fsp3) is 0.636. The number of hydrogen-bond donors (Lipinski definition) is 3. The van der Waals surface area contributed by atoms with E-state index in [4.69, 9.17) is 9.47 Å². The van der Waals surface area contributed by atoms with Gasteiger partial charge < -0.3 is 30.3 Å². The summed E-state index contributed by atoms with van der Waals surface area (Å²) in [5.41, 5.74) is 0.598. The summed E-state index contributed by atoms with van der Waals surface area (Å²) in [4.78, 5) is 18.4. The fourth-order valence-electron chi connectivity index (χ4n) is 2.43. The molecule has 8 heteroatoms. The molecule has 0 aliphatic carbocycles. The minimum atomic E-state index is -0.499. The molecule has 30 heavy (non-hydrogen) atoms. The molecule has 1 rings (SSSR count). The van der Waals surface area contributed by atoms with Crippen molar-refractivity contribution in [2.45, 2.75) is 46.3 Å². The summed E-state index contributed by atoms with van der Waals surface area (Å²) in [5, 5.41) is 9.12. The minimum Gasteiger partial charge on any atom is -0.494 e. The molecule has 0 bridgehead atoms. The molecule has 0 heterocycles. The van der Waals surface area contributed by atoms with Crippen LogP contribution in [-0.2, 0) is 11.3 Å². The van der Waals surface area contributed by atoms with Crippen LogP contribution in [0, 0.1) is 0 Å². The summed E-state index contributed by atoms with van der Waals surface area (Å²) in [5.74, 6) is 1.58. The lowest BCUT2D eigenvalue weighted by molar-refractivity contribution is 0.0529. The molecule has 0 aromatic heterocycles. The fourth-order valence-corrected chi connectivity index (χ4v) is 2.43. The highest BCUT2D eigenvalue weighted by Crippen LogP contribution is 2.13. The van der Waals surface area contributed by atoms with Crippen molar-refractivity contribution in [1.29, 1.82) is 0 Å². The first kappa shape index (κ1) is 25.6. The molecule has 1 aromatic rings. The van der Waals surface area contributed by atoms with Crippen LogP contribution < -0.4 is 20.7 Å². The van der Waals surface area contributed by atoms with E-state index >= 15 is 0 Å². The van der Waals surface area contributed by atoms with Gasteiger partial charge in [-0.2, -0.15) is 0 Å². The van der Waals surface area contributed by atoms with Gasteiger partial charge in [0, 0.05) is 26.2 Å². The second kappa shape index (κ2) is 13.7. The van der Waals surface area contributed by atoms with Crippen LogP contribution in [0.4, 0.5) is 4.79 Å². The van der Waals surface area contributed by atoms with Crippen molar-refractivity contribution in [2.24, 2.45) is 4.99 Å². The van der Waals surface area contributed by atoms with E-state index in [0.29, 0.717) is 32.2 Å². The number of nitrogens with one attached hydrogen (secondary N) is 3. The molecule has 0 saturated heterocycles. The van der Waals surface area contributed by atoms with E-state index in [0.717, 1.165) is 30.8 Å². The topological polar surface area (TPSA) is 87.2 Å². The highest BCUT2D eigenvalue weighted by atomic mass is 16.6. The van der Waals surface area contributed by atoms with Gasteiger partial charge in [-0.05, 0) is 65.9 Å². The number of amides is 1. The van der Waals surface area contributed by atoms with E-state index in [1.54, 1.807) is 0 Å². The Morgan fingerprint density at radius 2 is 1.73 bits per heavy atom. The predicted octanol–water partition coefficient (Wildman–Crippen LogP) is 2.60. The molecule has 0 atom stereocenters. The zero-order valence-corrected chi connectivity index (χ0v) is 19.4. The van der Waals surface area contributed by atoms with E-state index in [1.165, 1.54) is 0 Å². The molecular weight excluding hydrogens is 382 g/mol. The number of hydrogen-bond acceptors (Lipinski definition) is 5. The molecule has 1 amide bonds. The largest absolute Gasteiger partial charge is 0.494 e. The summed E-state index contributed by atoms with van der Waals surface area (Å²) in [6.07, 6.45) is 0.578. The van der Waals surface area contributed by atoms with Crippen LogP contribution >= 0.6 is 0 Å². The molecule has 1 aromatic carbocycles. The smallest absolute Gasteiger partial charge is 0.407 e. The summed E-state index contributed by atoms with van der Waals surface area (Å²) in [6.45, 7) is 11.5. The quantitative estimate of drug-likeness (QED) is 0.289. The first-order valence-corrected chi connectivity index (χ1v) is 10.5. The maximum atomic E-state index is 11.7. The number of guanidine groups is 1. The molecule has 0 fully saturated rings. The average Bonchev–Trinajstić information content (AvgIpc) is 2.66. The van der Waals surface area contributed by atoms with Crippen LogP contribution in [0.3, 0.4) is 0 Å². The lowest BCUT2D eigenvalue weighted by Gasteiger charge is -2.19. The third-order valence-corrected chi connectivity index (χ3v) is 3.79. The Morgan fingerprint density at radius 1 is 1.07 bits per heavy atom. The van der Waals surface area contributed by atoms with Crippen LogP contribution in [0.1, 0.15) is 39.7 Å². The lowest BCUT2D eigenvalue weighted by Crippen LogP contribution is -2.42. The zero-order valence-electron chi connectivity index (χ0n) is 19.4. The van der Waals surface area contributed by atoms with Crippen LogP contribution in [-0.4, -0.2) is 69.4 Å². The van der Waals surface area contributed by atoms with Gasteiger partial charge in [0.05, 0.1) is 13.2 Å². The third kappa shape index (κ3) is 12.9. The number of ether oxygens (including phenoxy) is 2. The van der Waals surface area contributed by atoms with Gasteiger partial charge in [0.15, 0.2) is 5.96 Å². The standard InChI is InChI=1S/C22H39N5O3/c1-7-23-20(24-13-14-25-21(28)30-22(2,3)4)26-17-18-9-11-19(12-10-18)29-16-8-15-27(5)6/h9-12H,7-8,13-17H2,1-6H3,(H,25,28)(H2,23,24,26). The van der Waals surface area contributed by atoms with E-state index in [9.17, 15) is 4.79 Å². The molecule has 8 nitrogen and oxygen atoms in total. The molecule has 0 aliphatic rings. The van der Waals surface area contributed by atoms with Crippen molar-refractivity contribution >= 4 is 12.1 Å². The van der Waals surface area contributed by atoms with Crippen LogP contribution in [0.25, 0.3) is 0 Å². The van der Waals surface area contributed by atoms with Crippen molar-refractivity contribution in [1.82, 2.24) is 20.9 Å². The highest BCUT2D eigenvalue weighted by molar-refractivity contribution is 5.79. The van der Waals surface area contributed by atoms with E-state index < -0.39 is 11.7 Å². The maximum Gasteiger partial charge on any atom is 0.407 e. The zero-order chi connectivity index (χ0) is 22.4. The van der Waals surface area contributed by atoms with E-state index in [1.807, 2.05) is 52.0 Å². The molecular formula is C22H39N5O3. The van der Waals surface area contributed by atoms with Crippen LogP contribution in [0.5, 0.6) is 5.75 Å². The van der Waals surface area contributed by atoms with Gasteiger partial charge in [0.2, 0.25) is 0 Å². The van der Waals surface area contributed by atoms with Gasteiger partial charge in [-0.15, -0.1) is 0 Å². The number of carbonyl (C=O) groups is 1. The Kier molecular flexibility index (Phi) is 11.7. The SMILES string of the molecule is CCNC(=NCc1ccc(OCCCN(C)C)cc1)NCCNC(=O)OC(C)(C)C. The highest BCUT2D eigenvalue weighted by Gasteiger charge is 2.15. The summed E-state index contributed by atoms with van der Waals surface area (Å²) in [7, 11) is 4.12. The van der Waals surface area contributed by atoms with E-state index in [-0.39, 0.29) is 0 Å². The Bertz CT molecular complexity index is 639. The molecule has 0 radical (unpaired) electrons. The van der Waals surface area contributed by atoms with E-state index in [2.05, 4.69) is 39.9 Å². The molecule has 0 unspecified atom stereocenters. The van der Waals surface area contributed by atoms with Crippen molar-refractivity contribution in [3.63, 3.8) is 0 Å². The second-order valence-electron chi connectivity index (χ2n) is 8.20. The summed E-state index contributed by atoms with van der Waals surface area (Å²) < 4.78 is 11.0. The Hall–Kier alpha value is -2.48. The monoisotopic (exact) mass is 421 g/mol. The van der Waals surface area contributed by atoms with Gasteiger partial charge >= 0.3 is 6.09 Å². The summed E-state index contributed by atoms with van der Waals surface area (Å²) in [6, 6.07) is 8.01. The number of rotatable bonds is 11. The maximum absolute atomic E-state index is 11.7. The van der Waals surface area contributed by atoms with Crippen molar-refractivity contribution in [3.8, 4) is 5.75 Å². The summed E-state index contributed by atoms with van der Waals surface area (Å²) >= 11 is 0. The van der Waals surface area contributed by atoms with Crippen molar-refractivity contribution in [3.05, 3.63) is 29.8 Å². The third-order valence-electron chi connectivity index (χ3n) is 3.79. The second-order valence-corrected chi connectivity index (χ2v) is 8.20. The molecule has 0 aliphatic heterocycles. The Labute approximate surface area is 181 Å². The number of benzene rings is 1. The van der Waals surface area contributed by atoms with Crippen molar-refractivity contribution in [2.75, 3.05) is 46.9 Å². The lowest BCUT2D eigenvalue weighted by atomic mass is 10.2. The number of alkyl carbamates (subject to hydrolysis) is 1. The number of nitrogens with zero attached hydrogens (tertiary/aromatic N) is 2. The first-order chi connectivity index (χ1) is 14.2. The van der Waals surface area contributed by atoms with Crippen molar-refractivity contribution < 1.29 is 14.3 Å². The minimum absolute atomic E-state index is 0.421. The number of aliphatic imine (C=N–C) groups is 1. The molecule has 0 spiro atoms. The molecule has 170 valence electrons. The normalized spacial score (nSPS) is 11.9. The Morgan fingerprint density at radius 3 is 2.33 bits per heavy atom. The molecule has 3 N–H and O–H groups in total. The van der Waals surface area contributed by atoms with Crippen LogP contribution in [0.2, 0.25) is 0 Å². The Balaban J connectivity index is 2.39. The number of carbonyl (C=O) groups excluding carboxylic acids is 1. The van der Waals surface area contributed by atoms with Gasteiger partial charge in [0.1, 0.15) is 11.4 Å². The van der Waals surface area contributed by atoms with Gasteiger partial charge in [-0.1, -0.05) is 12.1 Å². The molecule has 0 saturated carbocycles. The van der Waals surface area contributed by atoms with Gasteiger partial charge in [-0.25, -0.2) is 9.79 Å². The average molecular weight is 422 g/mol. The van der Waals surface area contributed by atoms with Gasteiger partial charge in [0.25, 0.3) is 0 Å². The van der Waals surface area contributed by atoms with Gasteiger partial charge in [-0.3, -0.25) is 0 Å². The van der Waals surface area contributed by atoms with Crippen LogP contribution in [0.15, 0.2) is 29.3 Å². The first-order valence-electron chi connectivity index (χ1n) is 10.5.